The third kappa shape index (κ3) is 4.12. The first kappa shape index (κ1) is 13.5. The van der Waals surface area contributed by atoms with Crippen molar-refractivity contribution in [3.05, 3.63) is 0 Å². The van der Waals surface area contributed by atoms with Gasteiger partial charge in [0.15, 0.2) is 0 Å². The molecular weight excluding hydrogens is 202 g/mol. The highest BCUT2D eigenvalue weighted by atomic mass is 16.3. The standard InChI is InChI=1S/C13H25NO2/c1-11(2)14(9-10-15)13(16)8-7-12-5-3-4-6-12/h11-12,15H,3-10H2,1-2H3. The number of rotatable bonds is 6. The maximum atomic E-state index is 11.9. The Balaban J connectivity index is 2.30. The summed E-state index contributed by atoms with van der Waals surface area (Å²) in [6.07, 6.45) is 6.97. The predicted molar refractivity (Wildman–Crippen MR) is 65.1 cm³/mol. The Morgan fingerprint density at radius 3 is 2.50 bits per heavy atom. The first-order valence-electron chi connectivity index (χ1n) is 6.55. The van der Waals surface area contributed by atoms with Crippen LogP contribution >= 0.6 is 0 Å². The molecule has 0 unspecified atom stereocenters. The van der Waals surface area contributed by atoms with Crippen LogP contribution in [0.25, 0.3) is 0 Å². The molecule has 1 amide bonds. The van der Waals surface area contributed by atoms with Crippen molar-refractivity contribution in [2.45, 2.75) is 58.4 Å². The van der Waals surface area contributed by atoms with Gasteiger partial charge in [0.25, 0.3) is 0 Å². The average molecular weight is 227 g/mol. The summed E-state index contributed by atoms with van der Waals surface area (Å²) in [5.74, 6) is 0.975. The van der Waals surface area contributed by atoms with Gasteiger partial charge in [-0.1, -0.05) is 25.7 Å². The fraction of sp³-hybridized carbons (Fsp3) is 0.923. The van der Waals surface area contributed by atoms with Gasteiger partial charge in [-0.15, -0.1) is 0 Å². The van der Waals surface area contributed by atoms with Gasteiger partial charge in [0, 0.05) is 19.0 Å². The summed E-state index contributed by atoms with van der Waals surface area (Å²) in [5, 5.41) is 8.92. The van der Waals surface area contributed by atoms with Gasteiger partial charge in [-0.05, 0) is 26.2 Å². The molecule has 94 valence electrons. The van der Waals surface area contributed by atoms with Crippen LogP contribution in [-0.4, -0.2) is 35.1 Å². The summed E-state index contributed by atoms with van der Waals surface area (Å²) >= 11 is 0. The van der Waals surface area contributed by atoms with Gasteiger partial charge in [0.2, 0.25) is 5.91 Å². The van der Waals surface area contributed by atoms with Crippen LogP contribution in [-0.2, 0) is 4.79 Å². The molecule has 16 heavy (non-hydrogen) atoms. The second kappa shape index (κ2) is 6.89. The molecule has 3 nitrogen and oxygen atoms in total. The van der Waals surface area contributed by atoms with E-state index in [4.69, 9.17) is 5.11 Å². The van der Waals surface area contributed by atoms with E-state index in [9.17, 15) is 4.79 Å². The number of hydrogen-bond acceptors (Lipinski definition) is 2. The van der Waals surface area contributed by atoms with Crippen LogP contribution in [0.3, 0.4) is 0 Å². The summed E-state index contributed by atoms with van der Waals surface area (Å²) in [5.41, 5.74) is 0. The minimum absolute atomic E-state index is 0.0628. The van der Waals surface area contributed by atoms with Crippen LogP contribution in [0.2, 0.25) is 0 Å². The van der Waals surface area contributed by atoms with Crippen molar-refractivity contribution in [2.75, 3.05) is 13.2 Å². The van der Waals surface area contributed by atoms with E-state index < -0.39 is 0 Å². The molecule has 1 aliphatic carbocycles. The smallest absolute Gasteiger partial charge is 0.222 e. The van der Waals surface area contributed by atoms with Crippen molar-refractivity contribution in [1.82, 2.24) is 4.90 Å². The maximum absolute atomic E-state index is 11.9. The number of aliphatic hydroxyl groups excluding tert-OH is 1. The molecule has 0 bridgehead atoms. The molecular formula is C13H25NO2. The van der Waals surface area contributed by atoms with Crippen LogP contribution < -0.4 is 0 Å². The highest BCUT2D eigenvalue weighted by Gasteiger charge is 2.20. The molecule has 1 saturated carbocycles. The maximum Gasteiger partial charge on any atom is 0.222 e. The van der Waals surface area contributed by atoms with Crippen LogP contribution in [0.15, 0.2) is 0 Å². The number of aliphatic hydroxyl groups is 1. The van der Waals surface area contributed by atoms with E-state index in [1.165, 1.54) is 25.7 Å². The first-order chi connectivity index (χ1) is 7.65. The molecule has 0 aromatic rings. The van der Waals surface area contributed by atoms with Gasteiger partial charge in [-0.3, -0.25) is 4.79 Å². The molecule has 0 heterocycles. The van der Waals surface area contributed by atoms with Gasteiger partial charge in [0.1, 0.15) is 0 Å². The quantitative estimate of drug-likeness (QED) is 0.755. The van der Waals surface area contributed by atoms with Crippen molar-refractivity contribution in [1.29, 1.82) is 0 Å². The molecule has 1 N–H and O–H groups in total. The zero-order chi connectivity index (χ0) is 12.0. The molecule has 0 aromatic heterocycles. The van der Waals surface area contributed by atoms with Crippen molar-refractivity contribution in [3.63, 3.8) is 0 Å². The Morgan fingerprint density at radius 1 is 1.38 bits per heavy atom. The van der Waals surface area contributed by atoms with Crippen LogP contribution in [0.4, 0.5) is 0 Å². The molecule has 1 aliphatic rings. The van der Waals surface area contributed by atoms with Gasteiger partial charge < -0.3 is 10.0 Å². The minimum atomic E-state index is 0.0628. The lowest BCUT2D eigenvalue weighted by atomic mass is 10.0. The number of carbonyl (C=O) groups excluding carboxylic acids is 1. The molecule has 0 saturated heterocycles. The van der Waals surface area contributed by atoms with E-state index in [1.54, 1.807) is 4.90 Å². The van der Waals surface area contributed by atoms with E-state index in [1.807, 2.05) is 13.8 Å². The van der Waals surface area contributed by atoms with Crippen LogP contribution in [0.5, 0.6) is 0 Å². The molecule has 0 spiro atoms. The molecule has 0 aliphatic heterocycles. The van der Waals surface area contributed by atoms with E-state index >= 15 is 0 Å². The highest BCUT2D eigenvalue weighted by molar-refractivity contribution is 5.76. The lowest BCUT2D eigenvalue weighted by Gasteiger charge is -2.26. The van der Waals surface area contributed by atoms with Gasteiger partial charge >= 0.3 is 0 Å². The number of amides is 1. The summed E-state index contributed by atoms with van der Waals surface area (Å²) in [6, 6.07) is 0.197. The lowest BCUT2D eigenvalue weighted by molar-refractivity contribution is -0.133. The summed E-state index contributed by atoms with van der Waals surface area (Å²) in [6.45, 7) is 4.54. The summed E-state index contributed by atoms with van der Waals surface area (Å²) < 4.78 is 0. The van der Waals surface area contributed by atoms with E-state index in [0.717, 1.165) is 12.3 Å². The molecule has 0 aromatic carbocycles. The third-order valence-corrected chi connectivity index (χ3v) is 3.53. The van der Waals surface area contributed by atoms with E-state index in [-0.39, 0.29) is 18.6 Å². The summed E-state index contributed by atoms with van der Waals surface area (Å²) in [7, 11) is 0. The average Bonchev–Trinajstić information content (AvgIpc) is 2.75. The molecule has 3 heteroatoms. The zero-order valence-corrected chi connectivity index (χ0v) is 10.6. The molecule has 0 atom stereocenters. The minimum Gasteiger partial charge on any atom is -0.395 e. The van der Waals surface area contributed by atoms with Crippen molar-refractivity contribution in [2.24, 2.45) is 5.92 Å². The SMILES string of the molecule is CC(C)N(CCO)C(=O)CCC1CCCC1. The molecule has 1 rings (SSSR count). The Kier molecular flexibility index (Phi) is 5.81. The van der Waals surface area contributed by atoms with Crippen molar-refractivity contribution in [3.8, 4) is 0 Å². The number of nitrogens with zero attached hydrogens (tertiary/aromatic N) is 1. The van der Waals surface area contributed by atoms with Crippen LogP contribution in [0.1, 0.15) is 52.4 Å². The fourth-order valence-corrected chi connectivity index (χ4v) is 2.55. The largest absolute Gasteiger partial charge is 0.395 e. The predicted octanol–water partition coefficient (Wildman–Crippen LogP) is 2.19. The third-order valence-electron chi connectivity index (χ3n) is 3.53. The van der Waals surface area contributed by atoms with Crippen molar-refractivity contribution >= 4 is 5.91 Å². The molecule has 0 radical (unpaired) electrons. The Bertz CT molecular complexity index is 210. The number of carbonyl (C=O) groups is 1. The van der Waals surface area contributed by atoms with Gasteiger partial charge in [-0.2, -0.15) is 0 Å². The topological polar surface area (TPSA) is 40.5 Å². The normalized spacial score (nSPS) is 17.0. The van der Waals surface area contributed by atoms with E-state index in [0.29, 0.717) is 13.0 Å². The lowest BCUT2D eigenvalue weighted by Crippen LogP contribution is -2.39. The zero-order valence-electron chi connectivity index (χ0n) is 10.6. The van der Waals surface area contributed by atoms with Crippen molar-refractivity contribution < 1.29 is 9.90 Å². The second-order valence-corrected chi connectivity index (χ2v) is 5.09. The number of hydrogen-bond donors (Lipinski definition) is 1. The molecule has 1 fully saturated rings. The van der Waals surface area contributed by atoms with Crippen LogP contribution in [0, 0.1) is 5.92 Å². The second-order valence-electron chi connectivity index (χ2n) is 5.09. The Morgan fingerprint density at radius 2 is 2.00 bits per heavy atom. The van der Waals surface area contributed by atoms with Gasteiger partial charge in [0.05, 0.1) is 6.61 Å². The Labute approximate surface area is 98.8 Å². The monoisotopic (exact) mass is 227 g/mol. The summed E-state index contributed by atoms with van der Waals surface area (Å²) in [4.78, 5) is 13.7. The first-order valence-corrected chi connectivity index (χ1v) is 6.55. The fourth-order valence-electron chi connectivity index (χ4n) is 2.55. The highest BCUT2D eigenvalue weighted by Crippen LogP contribution is 2.28. The van der Waals surface area contributed by atoms with Gasteiger partial charge in [-0.25, -0.2) is 0 Å². The van der Waals surface area contributed by atoms with E-state index in [2.05, 4.69) is 0 Å². The Hall–Kier alpha value is -0.570.